The smallest absolute Gasteiger partial charge is 0.389 e. The number of likely N-dealkylation sites (N-methyl/N-ethyl adjacent to an activating group) is 1. The number of anilines is 1. The van der Waals surface area contributed by atoms with Crippen molar-refractivity contribution in [1.29, 1.82) is 0 Å². The summed E-state index contributed by atoms with van der Waals surface area (Å²) >= 11 is 4.73. The topological polar surface area (TPSA) is 38.5 Å². The Morgan fingerprint density at radius 3 is 2.65 bits per heavy atom. The third-order valence-corrected chi connectivity index (χ3v) is 3.65. The zero-order valence-electron chi connectivity index (χ0n) is 10.9. The van der Waals surface area contributed by atoms with Gasteiger partial charge in [0.05, 0.1) is 18.2 Å². The molecule has 2 rings (SSSR count). The fraction of sp³-hybridized carbons (Fsp3) is 0.462. The molecule has 1 saturated heterocycles. The average Bonchev–Trinajstić information content (AvgIpc) is 2.89. The van der Waals surface area contributed by atoms with Gasteiger partial charge in [-0.15, -0.1) is 0 Å². The summed E-state index contributed by atoms with van der Waals surface area (Å²) in [5, 5.41) is 0. The van der Waals surface area contributed by atoms with Crippen molar-refractivity contribution in [3.8, 4) is 0 Å². The maximum Gasteiger partial charge on any atom is 0.417 e. The van der Waals surface area contributed by atoms with Crippen LogP contribution in [-0.4, -0.2) is 31.3 Å². The number of benzene rings is 1. The van der Waals surface area contributed by atoms with E-state index in [0.29, 0.717) is 18.9 Å². The number of rotatable bonds is 3. The molecule has 0 amide bonds. The van der Waals surface area contributed by atoms with Crippen molar-refractivity contribution in [2.24, 2.45) is 5.73 Å². The van der Waals surface area contributed by atoms with E-state index in [9.17, 15) is 13.2 Å². The number of nitrogens with zero attached hydrogens (tertiary/aromatic N) is 1. The van der Waals surface area contributed by atoms with Gasteiger partial charge in [0.2, 0.25) is 0 Å². The van der Waals surface area contributed by atoms with Gasteiger partial charge in [0.25, 0.3) is 0 Å². The van der Waals surface area contributed by atoms with Crippen molar-refractivity contribution >= 4 is 22.9 Å². The second kappa shape index (κ2) is 5.57. The summed E-state index contributed by atoms with van der Waals surface area (Å²) < 4.78 is 44.0. The number of thiocarbonyl (C=S) groups is 1. The largest absolute Gasteiger partial charge is 0.417 e. The van der Waals surface area contributed by atoms with Crippen molar-refractivity contribution in [2.45, 2.75) is 18.6 Å². The molecule has 1 heterocycles. The van der Waals surface area contributed by atoms with Crippen LogP contribution in [0.1, 0.15) is 17.5 Å². The Balaban J connectivity index is 2.37. The van der Waals surface area contributed by atoms with Crippen LogP contribution in [0, 0.1) is 0 Å². The molecule has 7 heteroatoms. The van der Waals surface area contributed by atoms with Gasteiger partial charge in [0, 0.05) is 24.9 Å². The maximum absolute atomic E-state index is 12.9. The van der Waals surface area contributed by atoms with Crippen LogP contribution in [0.15, 0.2) is 18.2 Å². The molecule has 0 radical (unpaired) electrons. The minimum Gasteiger partial charge on any atom is -0.389 e. The predicted octanol–water partition coefficient (Wildman–Crippen LogP) is 2.56. The maximum atomic E-state index is 12.9. The van der Waals surface area contributed by atoms with Gasteiger partial charge < -0.3 is 15.4 Å². The van der Waals surface area contributed by atoms with Gasteiger partial charge in [-0.2, -0.15) is 13.2 Å². The van der Waals surface area contributed by atoms with Gasteiger partial charge in [0.1, 0.15) is 4.99 Å². The molecule has 1 aromatic carbocycles. The second-order valence-corrected chi connectivity index (χ2v) is 5.16. The van der Waals surface area contributed by atoms with Crippen LogP contribution in [-0.2, 0) is 10.9 Å². The number of hydrogen-bond donors (Lipinski definition) is 1. The molecular weight excluding hydrogens is 289 g/mol. The standard InChI is InChI=1S/C13H15F3N2OS/c1-18(9-4-5-19-7-9)8-2-3-11(13(14,15)16)10(6-8)12(17)20/h2-3,6,9H,4-5,7H2,1H3,(H2,17,20). The monoisotopic (exact) mass is 304 g/mol. The van der Waals surface area contributed by atoms with Crippen molar-refractivity contribution in [3.05, 3.63) is 29.3 Å². The first kappa shape index (κ1) is 15.1. The number of halogens is 3. The first-order valence-corrected chi connectivity index (χ1v) is 6.53. The van der Waals surface area contributed by atoms with Crippen LogP contribution in [0.3, 0.4) is 0 Å². The molecule has 0 saturated carbocycles. The molecule has 1 aliphatic heterocycles. The van der Waals surface area contributed by atoms with Crippen molar-refractivity contribution in [2.75, 3.05) is 25.2 Å². The van der Waals surface area contributed by atoms with Crippen LogP contribution in [0.4, 0.5) is 18.9 Å². The lowest BCUT2D eigenvalue weighted by molar-refractivity contribution is -0.137. The molecule has 0 aromatic heterocycles. The van der Waals surface area contributed by atoms with E-state index < -0.39 is 11.7 Å². The quantitative estimate of drug-likeness (QED) is 0.871. The third-order valence-electron chi connectivity index (χ3n) is 3.43. The van der Waals surface area contributed by atoms with Crippen LogP contribution in [0.25, 0.3) is 0 Å². The Hall–Kier alpha value is -1.34. The molecule has 1 unspecified atom stereocenters. The number of hydrogen-bond acceptors (Lipinski definition) is 3. The van der Waals surface area contributed by atoms with Crippen molar-refractivity contribution in [3.63, 3.8) is 0 Å². The van der Waals surface area contributed by atoms with Gasteiger partial charge in [0.15, 0.2) is 0 Å². The Bertz CT molecular complexity index is 513. The minimum atomic E-state index is -4.47. The Labute approximate surface area is 120 Å². The van der Waals surface area contributed by atoms with Gasteiger partial charge in [-0.05, 0) is 24.6 Å². The highest BCUT2D eigenvalue weighted by Gasteiger charge is 2.34. The van der Waals surface area contributed by atoms with Crippen LogP contribution < -0.4 is 10.6 Å². The van der Waals surface area contributed by atoms with Crippen molar-refractivity contribution < 1.29 is 17.9 Å². The van der Waals surface area contributed by atoms with E-state index >= 15 is 0 Å². The summed E-state index contributed by atoms with van der Waals surface area (Å²) in [6.07, 6.45) is -3.62. The zero-order chi connectivity index (χ0) is 14.9. The lowest BCUT2D eigenvalue weighted by atomic mass is 10.0. The van der Waals surface area contributed by atoms with Crippen molar-refractivity contribution in [1.82, 2.24) is 0 Å². The molecule has 0 spiro atoms. The highest BCUT2D eigenvalue weighted by Crippen LogP contribution is 2.34. The molecule has 2 N–H and O–H groups in total. The number of ether oxygens (including phenoxy) is 1. The van der Waals surface area contributed by atoms with Gasteiger partial charge in [-0.3, -0.25) is 0 Å². The van der Waals surface area contributed by atoms with Gasteiger partial charge in [-0.1, -0.05) is 12.2 Å². The molecular formula is C13H15F3N2OS. The molecule has 20 heavy (non-hydrogen) atoms. The average molecular weight is 304 g/mol. The van der Waals surface area contributed by atoms with E-state index in [-0.39, 0.29) is 16.6 Å². The molecule has 1 aromatic rings. The summed E-state index contributed by atoms with van der Waals surface area (Å²) in [5.41, 5.74) is 5.13. The van der Waals surface area contributed by atoms with E-state index in [0.717, 1.165) is 12.5 Å². The second-order valence-electron chi connectivity index (χ2n) is 4.72. The Morgan fingerprint density at radius 1 is 1.45 bits per heavy atom. The summed E-state index contributed by atoms with van der Waals surface area (Å²) in [4.78, 5) is 1.64. The predicted molar refractivity (Wildman–Crippen MR) is 75.0 cm³/mol. The highest BCUT2D eigenvalue weighted by atomic mass is 32.1. The summed E-state index contributed by atoms with van der Waals surface area (Å²) in [6, 6.07) is 4.01. The number of alkyl halides is 3. The first-order chi connectivity index (χ1) is 9.30. The number of nitrogens with two attached hydrogens (primary N) is 1. The fourth-order valence-corrected chi connectivity index (χ4v) is 2.41. The molecule has 0 aliphatic carbocycles. The Kier molecular flexibility index (Phi) is 4.19. The molecule has 0 bridgehead atoms. The van der Waals surface area contributed by atoms with E-state index in [1.165, 1.54) is 12.1 Å². The highest BCUT2D eigenvalue weighted by molar-refractivity contribution is 7.80. The lowest BCUT2D eigenvalue weighted by Crippen LogP contribution is -2.32. The molecule has 1 atom stereocenters. The van der Waals surface area contributed by atoms with Crippen LogP contribution in [0.2, 0.25) is 0 Å². The van der Waals surface area contributed by atoms with Crippen LogP contribution >= 0.6 is 12.2 Å². The summed E-state index contributed by atoms with van der Waals surface area (Å²) in [6.45, 7) is 1.23. The molecule has 110 valence electrons. The molecule has 3 nitrogen and oxygen atoms in total. The Morgan fingerprint density at radius 2 is 2.15 bits per heavy atom. The molecule has 1 aliphatic rings. The summed E-state index contributed by atoms with van der Waals surface area (Å²) in [7, 11) is 1.82. The van der Waals surface area contributed by atoms with E-state index in [2.05, 4.69) is 0 Å². The fourth-order valence-electron chi connectivity index (χ4n) is 2.24. The van der Waals surface area contributed by atoms with Crippen LogP contribution in [0.5, 0.6) is 0 Å². The van der Waals surface area contributed by atoms with Gasteiger partial charge >= 0.3 is 6.18 Å². The summed E-state index contributed by atoms with van der Waals surface area (Å²) in [5.74, 6) is 0. The van der Waals surface area contributed by atoms with E-state index in [1.807, 2.05) is 11.9 Å². The van der Waals surface area contributed by atoms with E-state index in [4.69, 9.17) is 22.7 Å². The third kappa shape index (κ3) is 3.04. The zero-order valence-corrected chi connectivity index (χ0v) is 11.7. The van der Waals surface area contributed by atoms with Gasteiger partial charge in [-0.25, -0.2) is 0 Å². The molecule has 1 fully saturated rings. The lowest BCUT2D eigenvalue weighted by Gasteiger charge is -2.26. The minimum absolute atomic E-state index is 0.143. The normalized spacial score (nSPS) is 19.1. The SMILES string of the molecule is CN(c1ccc(C(F)(F)F)c(C(N)=S)c1)C1CCOC1. The first-order valence-electron chi connectivity index (χ1n) is 6.12. The van der Waals surface area contributed by atoms with E-state index in [1.54, 1.807) is 0 Å².